The zero-order chi connectivity index (χ0) is 13.1. The Labute approximate surface area is 106 Å². The fraction of sp³-hybridized carbons (Fsp3) is 0. The van der Waals surface area contributed by atoms with E-state index in [2.05, 4.69) is 10.3 Å². The molecule has 1 heterocycles. The van der Waals surface area contributed by atoms with E-state index in [-0.39, 0.29) is 16.4 Å². The number of aromatic nitrogens is 1. The summed E-state index contributed by atoms with van der Waals surface area (Å²) in [7, 11) is 0. The first-order valence-corrected chi connectivity index (χ1v) is 5.32. The van der Waals surface area contributed by atoms with Crippen LogP contribution in [-0.2, 0) is 0 Å². The first-order valence-electron chi connectivity index (χ1n) is 4.95. The third-order valence-corrected chi connectivity index (χ3v) is 2.47. The molecule has 0 aliphatic carbocycles. The van der Waals surface area contributed by atoms with Crippen LogP contribution in [0.25, 0.3) is 0 Å². The summed E-state index contributed by atoms with van der Waals surface area (Å²) in [5.41, 5.74) is -0.273. The van der Waals surface area contributed by atoms with E-state index in [0.717, 1.165) is 18.3 Å². The monoisotopic (exact) mass is 268 g/mol. The molecule has 0 saturated carbocycles. The summed E-state index contributed by atoms with van der Waals surface area (Å²) in [6.07, 6.45) is 0.943. The Hall–Kier alpha value is -2.01. The van der Waals surface area contributed by atoms with Crippen LogP contribution in [0.2, 0.25) is 5.02 Å². The Morgan fingerprint density at radius 3 is 2.61 bits per heavy atom. The number of halogens is 3. The molecule has 0 aliphatic rings. The molecule has 0 spiro atoms. The summed E-state index contributed by atoms with van der Waals surface area (Å²) in [6, 6.07) is 6.31. The molecule has 3 nitrogen and oxygen atoms in total. The standard InChI is InChI=1S/C12H7ClF2N2O/c13-8-2-1-3-9(15)11(8)12(18)17-10-5-4-7(14)6-16-10/h1-6H,(H,16,17,18). The van der Waals surface area contributed by atoms with Crippen molar-refractivity contribution >= 4 is 23.3 Å². The molecule has 0 bridgehead atoms. The molecule has 0 radical (unpaired) electrons. The zero-order valence-electron chi connectivity index (χ0n) is 8.95. The van der Waals surface area contributed by atoms with Crippen molar-refractivity contribution in [1.82, 2.24) is 4.98 Å². The summed E-state index contributed by atoms with van der Waals surface area (Å²) < 4.78 is 26.1. The van der Waals surface area contributed by atoms with E-state index in [4.69, 9.17) is 11.6 Å². The Morgan fingerprint density at radius 1 is 1.22 bits per heavy atom. The molecule has 0 fully saturated rings. The molecule has 2 aromatic rings. The van der Waals surface area contributed by atoms with Gasteiger partial charge in [-0.1, -0.05) is 17.7 Å². The molecule has 1 aromatic carbocycles. The summed E-state index contributed by atoms with van der Waals surface area (Å²) in [4.78, 5) is 15.4. The van der Waals surface area contributed by atoms with Gasteiger partial charge in [0.15, 0.2) is 0 Å². The summed E-state index contributed by atoms with van der Waals surface area (Å²) in [5.74, 6) is -1.89. The average Bonchev–Trinajstić information content (AvgIpc) is 2.32. The number of rotatable bonds is 2. The van der Waals surface area contributed by atoms with E-state index in [0.29, 0.717) is 0 Å². The molecule has 1 amide bonds. The number of nitrogens with one attached hydrogen (secondary N) is 1. The number of carbonyl (C=O) groups is 1. The van der Waals surface area contributed by atoms with E-state index >= 15 is 0 Å². The highest BCUT2D eigenvalue weighted by Crippen LogP contribution is 2.20. The second-order valence-corrected chi connectivity index (χ2v) is 3.82. The lowest BCUT2D eigenvalue weighted by atomic mass is 10.2. The second-order valence-electron chi connectivity index (χ2n) is 3.41. The van der Waals surface area contributed by atoms with Gasteiger partial charge >= 0.3 is 0 Å². The minimum Gasteiger partial charge on any atom is -0.306 e. The van der Waals surface area contributed by atoms with E-state index in [1.54, 1.807) is 0 Å². The molecular weight excluding hydrogens is 262 g/mol. The third-order valence-electron chi connectivity index (χ3n) is 2.16. The number of nitrogens with zero attached hydrogens (tertiary/aromatic N) is 1. The molecule has 2 rings (SSSR count). The van der Waals surface area contributed by atoms with Crippen molar-refractivity contribution in [2.24, 2.45) is 0 Å². The second kappa shape index (κ2) is 5.10. The van der Waals surface area contributed by atoms with Gasteiger partial charge in [0, 0.05) is 0 Å². The summed E-state index contributed by atoms with van der Waals surface area (Å²) in [5, 5.41) is 2.32. The van der Waals surface area contributed by atoms with Crippen LogP contribution in [0.5, 0.6) is 0 Å². The van der Waals surface area contributed by atoms with Crippen LogP contribution in [0.4, 0.5) is 14.6 Å². The number of amides is 1. The van der Waals surface area contributed by atoms with E-state index < -0.39 is 17.5 Å². The highest BCUT2D eigenvalue weighted by atomic mass is 35.5. The Bertz CT molecular complexity index is 567. The number of pyridine rings is 1. The van der Waals surface area contributed by atoms with Gasteiger partial charge in [-0.3, -0.25) is 4.79 Å². The molecule has 0 saturated heterocycles. The Balaban J connectivity index is 2.25. The third kappa shape index (κ3) is 2.62. The fourth-order valence-electron chi connectivity index (χ4n) is 1.34. The Kier molecular flexibility index (Phi) is 3.53. The maximum atomic E-state index is 13.4. The van der Waals surface area contributed by atoms with Crippen LogP contribution >= 0.6 is 11.6 Å². The first kappa shape index (κ1) is 12.4. The largest absolute Gasteiger partial charge is 0.306 e. The molecule has 1 N–H and O–H groups in total. The van der Waals surface area contributed by atoms with Crippen LogP contribution in [0.15, 0.2) is 36.5 Å². The van der Waals surface area contributed by atoms with Crippen molar-refractivity contribution in [3.8, 4) is 0 Å². The quantitative estimate of drug-likeness (QED) is 0.908. The first-order chi connectivity index (χ1) is 8.58. The van der Waals surface area contributed by atoms with Crippen molar-refractivity contribution in [3.05, 3.63) is 58.7 Å². The maximum absolute atomic E-state index is 13.4. The van der Waals surface area contributed by atoms with Crippen LogP contribution in [0.3, 0.4) is 0 Å². The van der Waals surface area contributed by atoms with Crippen LogP contribution in [0, 0.1) is 11.6 Å². The lowest BCUT2D eigenvalue weighted by molar-refractivity contribution is 0.102. The van der Waals surface area contributed by atoms with Gasteiger partial charge in [0.05, 0.1) is 16.8 Å². The number of hydrogen-bond acceptors (Lipinski definition) is 2. The van der Waals surface area contributed by atoms with Crippen molar-refractivity contribution < 1.29 is 13.6 Å². The molecular formula is C12H7ClF2N2O. The minimum absolute atomic E-state index is 0.00499. The molecule has 6 heteroatoms. The van der Waals surface area contributed by atoms with Crippen LogP contribution in [0.1, 0.15) is 10.4 Å². The highest BCUT2D eigenvalue weighted by molar-refractivity contribution is 6.34. The van der Waals surface area contributed by atoms with Crippen molar-refractivity contribution in [1.29, 1.82) is 0 Å². The van der Waals surface area contributed by atoms with E-state index in [1.807, 2.05) is 0 Å². The van der Waals surface area contributed by atoms with Gasteiger partial charge in [0.2, 0.25) is 0 Å². The van der Waals surface area contributed by atoms with Gasteiger partial charge < -0.3 is 5.32 Å². The predicted octanol–water partition coefficient (Wildman–Crippen LogP) is 3.27. The molecule has 92 valence electrons. The maximum Gasteiger partial charge on any atom is 0.261 e. The normalized spacial score (nSPS) is 10.2. The van der Waals surface area contributed by atoms with Gasteiger partial charge in [-0.2, -0.15) is 0 Å². The molecule has 0 atom stereocenters. The molecule has 1 aromatic heterocycles. The van der Waals surface area contributed by atoms with Crippen LogP contribution in [-0.4, -0.2) is 10.9 Å². The lowest BCUT2D eigenvalue weighted by Crippen LogP contribution is -2.15. The number of benzene rings is 1. The van der Waals surface area contributed by atoms with Gasteiger partial charge in [0.1, 0.15) is 17.5 Å². The van der Waals surface area contributed by atoms with Gasteiger partial charge in [-0.05, 0) is 24.3 Å². The zero-order valence-corrected chi connectivity index (χ0v) is 9.71. The van der Waals surface area contributed by atoms with E-state index in [1.165, 1.54) is 18.2 Å². The summed E-state index contributed by atoms with van der Waals surface area (Å²) >= 11 is 5.73. The summed E-state index contributed by atoms with van der Waals surface area (Å²) in [6.45, 7) is 0. The number of anilines is 1. The molecule has 0 aliphatic heterocycles. The number of carbonyl (C=O) groups excluding carboxylic acids is 1. The lowest BCUT2D eigenvalue weighted by Gasteiger charge is -2.06. The van der Waals surface area contributed by atoms with Gasteiger partial charge in [0.25, 0.3) is 5.91 Å². The van der Waals surface area contributed by atoms with Crippen LogP contribution < -0.4 is 5.32 Å². The predicted molar refractivity (Wildman–Crippen MR) is 63.6 cm³/mol. The highest BCUT2D eigenvalue weighted by Gasteiger charge is 2.16. The van der Waals surface area contributed by atoms with Gasteiger partial charge in [-0.25, -0.2) is 13.8 Å². The van der Waals surface area contributed by atoms with Gasteiger partial charge in [-0.15, -0.1) is 0 Å². The smallest absolute Gasteiger partial charge is 0.261 e. The molecule has 18 heavy (non-hydrogen) atoms. The average molecular weight is 269 g/mol. The minimum atomic E-state index is -0.739. The Morgan fingerprint density at radius 2 is 2.00 bits per heavy atom. The van der Waals surface area contributed by atoms with Crippen molar-refractivity contribution in [3.63, 3.8) is 0 Å². The number of hydrogen-bond donors (Lipinski definition) is 1. The molecule has 0 unspecified atom stereocenters. The van der Waals surface area contributed by atoms with E-state index in [9.17, 15) is 13.6 Å². The van der Waals surface area contributed by atoms with Crippen molar-refractivity contribution in [2.45, 2.75) is 0 Å². The van der Waals surface area contributed by atoms with Crippen molar-refractivity contribution in [2.75, 3.05) is 5.32 Å². The topological polar surface area (TPSA) is 42.0 Å². The SMILES string of the molecule is O=C(Nc1ccc(F)cn1)c1c(F)cccc1Cl. The fourth-order valence-corrected chi connectivity index (χ4v) is 1.59.